The van der Waals surface area contributed by atoms with Crippen LogP contribution in [0.15, 0.2) is 23.7 Å². The number of fused-ring (bicyclic) bond motifs is 1. The van der Waals surface area contributed by atoms with Crippen molar-refractivity contribution in [1.82, 2.24) is 0 Å². The van der Waals surface area contributed by atoms with Gasteiger partial charge in [-0.15, -0.1) is 0 Å². The van der Waals surface area contributed by atoms with Crippen LogP contribution in [-0.4, -0.2) is 19.4 Å². The molecule has 0 bridgehead atoms. The minimum absolute atomic E-state index is 0.125. The average molecular weight is 210 g/mol. The Morgan fingerprint density at radius 1 is 1.53 bits per heavy atom. The monoisotopic (exact) mass is 210 g/mol. The fourth-order valence-electron chi connectivity index (χ4n) is 1.62. The molecule has 0 aromatic carbocycles. The molecule has 0 amide bonds. The van der Waals surface area contributed by atoms with Gasteiger partial charge in [-0.25, -0.2) is 0 Å². The molecule has 82 valence electrons. The summed E-state index contributed by atoms with van der Waals surface area (Å²) >= 11 is 0. The van der Waals surface area contributed by atoms with Gasteiger partial charge in [0, 0.05) is 0 Å². The van der Waals surface area contributed by atoms with Crippen molar-refractivity contribution < 1.29 is 19.0 Å². The second-order valence-corrected chi connectivity index (χ2v) is 3.76. The van der Waals surface area contributed by atoms with Crippen LogP contribution in [0.2, 0.25) is 0 Å². The standard InChI is InChI=1S/C11H14O4/c1-7-3-4-8-9(5-7)15-11(14-8)6-10(12)13-2/h4-5,7,11H,3,6H2,1-2H3/t7-,11?/m1/s1. The highest BCUT2D eigenvalue weighted by Crippen LogP contribution is 2.33. The maximum atomic E-state index is 11.0. The number of carbonyl (C=O) groups excluding carboxylic acids is 1. The summed E-state index contributed by atoms with van der Waals surface area (Å²) in [7, 11) is 1.35. The van der Waals surface area contributed by atoms with E-state index in [1.165, 1.54) is 7.11 Å². The first-order valence-electron chi connectivity index (χ1n) is 5.01. The van der Waals surface area contributed by atoms with Gasteiger partial charge in [0.05, 0.1) is 7.11 Å². The van der Waals surface area contributed by atoms with Crippen LogP contribution < -0.4 is 0 Å². The van der Waals surface area contributed by atoms with Crippen LogP contribution in [0, 0.1) is 5.92 Å². The van der Waals surface area contributed by atoms with Gasteiger partial charge in [-0.3, -0.25) is 4.79 Å². The zero-order valence-electron chi connectivity index (χ0n) is 8.86. The molecule has 4 heteroatoms. The highest BCUT2D eigenvalue weighted by molar-refractivity contribution is 5.69. The van der Waals surface area contributed by atoms with Gasteiger partial charge in [-0.1, -0.05) is 6.92 Å². The van der Waals surface area contributed by atoms with Crippen molar-refractivity contribution >= 4 is 5.97 Å². The molecule has 0 spiro atoms. The summed E-state index contributed by atoms with van der Waals surface area (Å²) in [5.74, 6) is 1.64. The molecule has 1 aliphatic carbocycles. The summed E-state index contributed by atoms with van der Waals surface area (Å²) in [5, 5.41) is 0. The number of ether oxygens (including phenoxy) is 3. The predicted molar refractivity (Wildman–Crippen MR) is 52.5 cm³/mol. The van der Waals surface area contributed by atoms with E-state index in [-0.39, 0.29) is 12.4 Å². The van der Waals surface area contributed by atoms with Crippen molar-refractivity contribution in [3.63, 3.8) is 0 Å². The van der Waals surface area contributed by atoms with E-state index in [2.05, 4.69) is 11.7 Å². The topological polar surface area (TPSA) is 44.8 Å². The first-order chi connectivity index (χ1) is 7.19. The van der Waals surface area contributed by atoms with E-state index in [0.29, 0.717) is 5.92 Å². The molecule has 2 rings (SSSR count). The molecular weight excluding hydrogens is 196 g/mol. The van der Waals surface area contributed by atoms with Crippen LogP contribution in [0.25, 0.3) is 0 Å². The lowest BCUT2D eigenvalue weighted by Crippen LogP contribution is -2.14. The summed E-state index contributed by atoms with van der Waals surface area (Å²) in [6, 6.07) is 0. The minimum atomic E-state index is -0.528. The molecule has 1 heterocycles. The second kappa shape index (κ2) is 3.96. The quantitative estimate of drug-likeness (QED) is 0.651. The molecule has 0 N–H and O–H groups in total. The molecule has 2 atom stereocenters. The number of allylic oxidation sites excluding steroid dienone is 2. The molecule has 0 aromatic rings. The van der Waals surface area contributed by atoms with E-state index in [0.717, 1.165) is 17.9 Å². The van der Waals surface area contributed by atoms with Crippen molar-refractivity contribution in [3.8, 4) is 0 Å². The predicted octanol–water partition coefficient (Wildman–Crippen LogP) is 1.73. The minimum Gasteiger partial charge on any atom is -0.469 e. The van der Waals surface area contributed by atoms with Crippen molar-refractivity contribution in [2.24, 2.45) is 5.92 Å². The Morgan fingerprint density at radius 3 is 3.00 bits per heavy atom. The van der Waals surface area contributed by atoms with E-state index in [9.17, 15) is 4.79 Å². The fourth-order valence-corrected chi connectivity index (χ4v) is 1.62. The van der Waals surface area contributed by atoms with E-state index in [1.54, 1.807) is 0 Å². The van der Waals surface area contributed by atoms with Gasteiger partial charge in [0.15, 0.2) is 11.5 Å². The van der Waals surface area contributed by atoms with E-state index < -0.39 is 6.29 Å². The summed E-state index contributed by atoms with van der Waals surface area (Å²) in [4.78, 5) is 11.0. The number of methoxy groups -OCH3 is 1. The zero-order valence-corrected chi connectivity index (χ0v) is 8.86. The molecule has 1 aliphatic heterocycles. The van der Waals surface area contributed by atoms with Gasteiger partial charge in [-0.2, -0.15) is 0 Å². The number of hydrogen-bond acceptors (Lipinski definition) is 4. The first-order valence-corrected chi connectivity index (χ1v) is 5.01. The van der Waals surface area contributed by atoms with Crippen LogP contribution >= 0.6 is 0 Å². The second-order valence-electron chi connectivity index (χ2n) is 3.76. The number of rotatable bonds is 2. The number of esters is 1. The Bertz CT molecular complexity index is 329. The lowest BCUT2D eigenvalue weighted by molar-refractivity contribution is -0.147. The molecule has 0 radical (unpaired) electrons. The van der Waals surface area contributed by atoms with Crippen molar-refractivity contribution in [3.05, 3.63) is 23.7 Å². The van der Waals surface area contributed by atoms with Crippen molar-refractivity contribution in [1.29, 1.82) is 0 Å². The third-order valence-corrected chi connectivity index (χ3v) is 2.43. The largest absolute Gasteiger partial charge is 0.469 e. The summed E-state index contributed by atoms with van der Waals surface area (Å²) in [6.07, 6.45) is 4.57. The molecule has 0 aromatic heterocycles. The average Bonchev–Trinajstić information content (AvgIpc) is 2.59. The number of hydrogen-bond donors (Lipinski definition) is 0. The SMILES string of the molecule is COC(=O)CC1OC2=CC[C@@H](C)C=C2O1. The summed E-state index contributed by atoms with van der Waals surface area (Å²) in [5.41, 5.74) is 0. The van der Waals surface area contributed by atoms with E-state index in [1.807, 2.05) is 12.2 Å². The fraction of sp³-hybridized carbons (Fsp3) is 0.545. The van der Waals surface area contributed by atoms with Crippen LogP contribution in [0.1, 0.15) is 19.8 Å². The van der Waals surface area contributed by atoms with Crippen LogP contribution in [0.5, 0.6) is 0 Å². The van der Waals surface area contributed by atoms with Gasteiger partial charge in [0.2, 0.25) is 0 Å². The van der Waals surface area contributed by atoms with Crippen LogP contribution in [0.3, 0.4) is 0 Å². The van der Waals surface area contributed by atoms with E-state index in [4.69, 9.17) is 9.47 Å². The molecular formula is C11H14O4. The highest BCUT2D eigenvalue weighted by Gasteiger charge is 2.31. The van der Waals surface area contributed by atoms with Crippen LogP contribution in [-0.2, 0) is 19.0 Å². The molecule has 4 nitrogen and oxygen atoms in total. The Hall–Kier alpha value is -1.45. The van der Waals surface area contributed by atoms with Gasteiger partial charge in [-0.05, 0) is 24.5 Å². The van der Waals surface area contributed by atoms with Crippen LogP contribution in [0.4, 0.5) is 0 Å². The molecule has 1 fully saturated rings. The number of carbonyl (C=O) groups is 1. The Kier molecular flexibility index (Phi) is 2.66. The van der Waals surface area contributed by atoms with E-state index >= 15 is 0 Å². The highest BCUT2D eigenvalue weighted by atomic mass is 16.7. The molecule has 0 saturated carbocycles. The lowest BCUT2D eigenvalue weighted by Gasteiger charge is -2.09. The maximum Gasteiger partial charge on any atom is 0.313 e. The zero-order chi connectivity index (χ0) is 10.8. The summed E-state index contributed by atoms with van der Waals surface area (Å²) in [6.45, 7) is 2.11. The third-order valence-electron chi connectivity index (χ3n) is 2.43. The van der Waals surface area contributed by atoms with Crippen molar-refractivity contribution in [2.75, 3.05) is 7.11 Å². The molecule has 2 aliphatic rings. The normalized spacial score (nSPS) is 28.1. The Morgan fingerprint density at radius 2 is 2.27 bits per heavy atom. The summed E-state index contributed by atoms with van der Waals surface area (Å²) < 4.78 is 15.5. The maximum absolute atomic E-state index is 11.0. The first kappa shape index (κ1) is 10.1. The molecule has 1 unspecified atom stereocenters. The lowest BCUT2D eigenvalue weighted by atomic mass is 10.0. The van der Waals surface area contributed by atoms with Crippen molar-refractivity contribution in [2.45, 2.75) is 26.1 Å². The smallest absolute Gasteiger partial charge is 0.313 e. The van der Waals surface area contributed by atoms with Gasteiger partial charge < -0.3 is 14.2 Å². The third kappa shape index (κ3) is 2.14. The Labute approximate surface area is 88.5 Å². The molecule has 15 heavy (non-hydrogen) atoms. The Balaban J connectivity index is 1.99. The van der Waals surface area contributed by atoms with Gasteiger partial charge in [0.1, 0.15) is 6.42 Å². The van der Waals surface area contributed by atoms with Gasteiger partial charge in [0.25, 0.3) is 6.29 Å². The molecule has 1 saturated heterocycles. The van der Waals surface area contributed by atoms with Gasteiger partial charge >= 0.3 is 5.97 Å².